The molecule has 8 heteroatoms. The van der Waals surface area contributed by atoms with Gasteiger partial charge in [0.1, 0.15) is 5.82 Å². The van der Waals surface area contributed by atoms with Crippen molar-refractivity contribution in [3.05, 3.63) is 24.4 Å². The van der Waals surface area contributed by atoms with Crippen LogP contribution in [0.2, 0.25) is 0 Å². The van der Waals surface area contributed by atoms with Crippen LogP contribution in [-0.4, -0.2) is 79.3 Å². The van der Waals surface area contributed by atoms with Gasteiger partial charge in [0.05, 0.1) is 0 Å². The lowest BCUT2D eigenvalue weighted by atomic mass is 10.0. The summed E-state index contributed by atoms with van der Waals surface area (Å²) in [7, 11) is 0. The van der Waals surface area contributed by atoms with Crippen LogP contribution in [0.5, 0.6) is 0 Å². The first-order chi connectivity index (χ1) is 14.7. The van der Waals surface area contributed by atoms with Gasteiger partial charge in [0, 0.05) is 65.0 Å². The second-order valence-corrected chi connectivity index (χ2v) is 7.62. The summed E-state index contributed by atoms with van der Waals surface area (Å²) in [5.41, 5.74) is 0. The molecule has 8 nitrogen and oxygen atoms in total. The maximum Gasteiger partial charge on any atom is 0.224 e. The van der Waals surface area contributed by atoms with Crippen LogP contribution < -0.4 is 15.5 Å². The Labute approximate surface area is 180 Å². The average Bonchev–Trinajstić information content (AvgIpc) is 2.78. The number of carbonyl (C=O) groups excluding carboxylic acids is 1. The highest BCUT2D eigenvalue weighted by atomic mass is 16.3. The van der Waals surface area contributed by atoms with Gasteiger partial charge in [-0.1, -0.05) is 19.4 Å². The molecule has 1 unspecified atom stereocenters. The van der Waals surface area contributed by atoms with Crippen LogP contribution in [0.4, 0.5) is 5.82 Å². The second-order valence-electron chi connectivity index (χ2n) is 7.62. The third-order valence-electron chi connectivity index (χ3n) is 5.32. The molecule has 0 spiro atoms. The third-order valence-corrected chi connectivity index (χ3v) is 5.32. The molecule has 0 radical (unpaired) electrons. The van der Waals surface area contributed by atoms with Crippen LogP contribution >= 0.6 is 0 Å². The van der Waals surface area contributed by atoms with E-state index in [1.807, 2.05) is 30.0 Å². The summed E-state index contributed by atoms with van der Waals surface area (Å²) in [4.78, 5) is 25.8. The number of nitrogens with one attached hydrogen (secondary N) is 2. The Morgan fingerprint density at radius 2 is 2.00 bits per heavy atom. The summed E-state index contributed by atoms with van der Waals surface area (Å²) < 4.78 is 0. The summed E-state index contributed by atoms with van der Waals surface area (Å²) in [6.45, 7) is 9.47. The number of piperazine rings is 1. The Bertz CT molecular complexity index is 626. The molecule has 1 aliphatic heterocycles. The van der Waals surface area contributed by atoms with Gasteiger partial charge in [-0.3, -0.25) is 9.79 Å². The summed E-state index contributed by atoms with van der Waals surface area (Å²) >= 11 is 0. The summed E-state index contributed by atoms with van der Waals surface area (Å²) in [5, 5.41) is 15.7. The number of nitrogens with zero attached hydrogens (tertiary/aromatic N) is 4. The zero-order valence-corrected chi connectivity index (χ0v) is 18.5. The largest absolute Gasteiger partial charge is 0.396 e. The predicted octanol–water partition coefficient (Wildman–Crippen LogP) is 1.47. The molecule has 2 heterocycles. The Morgan fingerprint density at radius 3 is 2.63 bits per heavy atom. The van der Waals surface area contributed by atoms with E-state index in [4.69, 9.17) is 0 Å². The minimum atomic E-state index is 0.170. The van der Waals surface area contributed by atoms with Crippen molar-refractivity contribution < 1.29 is 9.90 Å². The highest BCUT2D eigenvalue weighted by Crippen LogP contribution is 2.13. The van der Waals surface area contributed by atoms with Gasteiger partial charge in [-0.2, -0.15) is 0 Å². The van der Waals surface area contributed by atoms with Crippen molar-refractivity contribution in [2.24, 2.45) is 10.9 Å². The van der Waals surface area contributed by atoms with E-state index < -0.39 is 0 Å². The molecule has 3 N–H and O–H groups in total. The van der Waals surface area contributed by atoms with E-state index in [1.54, 1.807) is 6.20 Å². The topological polar surface area (TPSA) is 93.1 Å². The van der Waals surface area contributed by atoms with Gasteiger partial charge in [0.25, 0.3) is 0 Å². The first-order valence-electron chi connectivity index (χ1n) is 11.2. The molecule has 0 aliphatic carbocycles. The van der Waals surface area contributed by atoms with Gasteiger partial charge in [-0.05, 0) is 37.8 Å². The highest BCUT2D eigenvalue weighted by Gasteiger charge is 2.21. The van der Waals surface area contributed by atoms with E-state index in [1.165, 1.54) is 0 Å². The molecule has 30 heavy (non-hydrogen) atoms. The number of anilines is 1. The number of pyridine rings is 1. The van der Waals surface area contributed by atoms with Gasteiger partial charge in [-0.25, -0.2) is 4.98 Å². The van der Waals surface area contributed by atoms with Crippen LogP contribution in [0.3, 0.4) is 0 Å². The van der Waals surface area contributed by atoms with E-state index in [0.29, 0.717) is 25.4 Å². The minimum absolute atomic E-state index is 0.170. The van der Waals surface area contributed by atoms with E-state index in [2.05, 4.69) is 32.4 Å². The first kappa shape index (κ1) is 23.9. The van der Waals surface area contributed by atoms with Crippen molar-refractivity contribution in [1.29, 1.82) is 0 Å². The fraction of sp³-hybridized carbons (Fsp3) is 0.682. The van der Waals surface area contributed by atoms with E-state index in [-0.39, 0.29) is 12.5 Å². The number of aromatic nitrogens is 1. The first-order valence-corrected chi connectivity index (χ1v) is 11.2. The molecule has 1 aromatic rings. The molecule has 168 valence electrons. The fourth-order valence-electron chi connectivity index (χ4n) is 3.65. The zero-order valence-electron chi connectivity index (χ0n) is 18.5. The smallest absolute Gasteiger partial charge is 0.224 e. The summed E-state index contributed by atoms with van der Waals surface area (Å²) in [6.07, 6.45) is 5.18. The molecule has 0 bridgehead atoms. The van der Waals surface area contributed by atoms with Crippen molar-refractivity contribution in [3.8, 4) is 0 Å². The SMILES string of the molecule is CCCC(CCO)CN=C(NCC)NCCC(=O)N1CCN(c2ccccn2)CC1. The molecule has 0 saturated carbocycles. The predicted molar refractivity (Wildman–Crippen MR) is 122 cm³/mol. The average molecular weight is 419 g/mol. The molecule has 0 aromatic carbocycles. The number of hydrogen-bond donors (Lipinski definition) is 3. The van der Waals surface area contributed by atoms with Crippen molar-refractivity contribution in [2.45, 2.75) is 39.5 Å². The fourth-order valence-corrected chi connectivity index (χ4v) is 3.65. The van der Waals surface area contributed by atoms with Crippen molar-refractivity contribution in [2.75, 3.05) is 57.3 Å². The molecule has 1 fully saturated rings. The second kappa shape index (κ2) is 13.8. The van der Waals surface area contributed by atoms with E-state index in [9.17, 15) is 9.90 Å². The molecule has 2 rings (SSSR count). The zero-order chi connectivity index (χ0) is 21.6. The standard InChI is InChI=1S/C22H38N6O2/c1-3-7-19(10-17-29)18-26-22(23-4-2)25-12-9-21(30)28-15-13-27(14-16-28)20-8-5-6-11-24-20/h5-6,8,11,19,29H,3-4,7,9-10,12-18H2,1-2H3,(H2,23,25,26). The van der Waals surface area contributed by atoms with Gasteiger partial charge in [-0.15, -0.1) is 0 Å². The van der Waals surface area contributed by atoms with Crippen LogP contribution in [0.1, 0.15) is 39.5 Å². The van der Waals surface area contributed by atoms with Crippen LogP contribution in [-0.2, 0) is 4.79 Å². The lowest BCUT2D eigenvalue weighted by molar-refractivity contribution is -0.131. The van der Waals surface area contributed by atoms with Gasteiger partial charge < -0.3 is 25.5 Å². The Kier molecular flexibility index (Phi) is 11.0. The highest BCUT2D eigenvalue weighted by molar-refractivity contribution is 5.81. The number of guanidine groups is 1. The van der Waals surface area contributed by atoms with Crippen LogP contribution in [0.15, 0.2) is 29.4 Å². The number of aliphatic hydroxyl groups excluding tert-OH is 1. The number of amides is 1. The van der Waals surface area contributed by atoms with Gasteiger partial charge in [0.15, 0.2) is 5.96 Å². The summed E-state index contributed by atoms with van der Waals surface area (Å²) in [6, 6.07) is 5.91. The maximum atomic E-state index is 12.6. The van der Waals surface area contributed by atoms with Crippen LogP contribution in [0, 0.1) is 5.92 Å². The monoisotopic (exact) mass is 418 g/mol. The van der Waals surface area contributed by atoms with Crippen LogP contribution in [0.25, 0.3) is 0 Å². The van der Waals surface area contributed by atoms with Crippen molar-refractivity contribution in [1.82, 2.24) is 20.5 Å². The third kappa shape index (κ3) is 8.18. The van der Waals surface area contributed by atoms with Gasteiger partial charge in [0.2, 0.25) is 5.91 Å². The molecule has 1 amide bonds. The lowest BCUT2D eigenvalue weighted by Gasteiger charge is -2.35. The molecular weight excluding hydrogens is 380 g/mol. The number of aliphatic imine (C=N–C) groups is 1. The Hall–Kier alpha value is -2.35. The van der Waals surface area contributed by atoms with E-state index in [0.717, 1.165) is 63.8 Å². The van der Waals surface area contributed by atoms with Crippen molar-refractivity contribution in [3.63, 3.8) is 0 Å². The molecule has 1 aromatic heterocycles. The minimum Gasteiger partial charge on any atom is -0.396 e. The number of aliphatic hydroxyl groups is 1. The molecule has 1 saturated heterocycles. The normalized spacial score (nSPS) is 15.8. The molecular formula is C22H38N6O2. The number of carbonyl (C=O) groups is 1. The van der Waals surface area contributed by atoms with Gasteiger partial charge >= 0.3 is 0 Å². The van der Waals surface area contributed by atoms with Crippen molar-refractivity contribution >= 4 is 17.7 Å². The number of rotatable bonds is 11. The summed E-state index contributed by atoms with van der Waals surface area (Å²) in [5.74, 6) is 2.28. The lowest BCUT2D eigenvalue weighted by Crippen LogP contribution is -2.49. The maximum absolute atomic E-state index is 12.6. The Balaban J connectivity index is 1.74. The molecule has 1 aliphatic rings. The Morgan fingerprint density at radius 1 is 1.20 bits per heavy atom. The quantitative estimate of drug-likeness (QED) is 0.372. The van der Waals surface area contributed by atoms with E-state index >= 15 is 0 Å². The molecule has 1 atom stereocenters. The number of hydrogen-bond acceptors (Lipinski definition) is 5.